The van der Waals surface area contributed by atoms with Gasteiger partial charge in [0.15, 0.2) is 5.82 Å². The molecule has 25 heavy (non-hydrogen) atoms. The topological polar surface area (TPSA) is 46.9 Å². The van der Waals surface area contributed by atoms with Crippen molar-refractivity contribution in [3.63, 3.8) is 0 Å². The molecule has 0 spiro atoms. The Hall–Kier alpha value is -3.21. The Labute approximate surface area is 145 Å². The molecule has 2 aromatic carbocycles. The number of carbonyl (C=O) groups is 1. The highest BCUT2D eigenvalue weighted by Gasteiger charge is 2.06. The molecule has 5 heteroatoms. The molecule has 4 nitrogen and oxygen atoms in total. The van der Waals surface area contributed by atoms with Crippen LogP contribution in [0.2, 0.25) is 0 Å². The number of nitrogens with zero attached hydrogens (tertiary/aromatic N) is 2. The van der Waals surface area contributed by atoms with Gasteiger partial charge in [0.1, 0.15) is 5.82 Å². The fraction of sp³-hybridized carbons (Fsp3) is 0.100. The van der Waals surface area contributed by atoms with Gasteiger partial charge in [-0.1, -0.05) is 42.5 Å². The van der Waals surface area contributed by atoms with Crippen molar-refractivity contribution < 1.29 is 9.18 Å². The summed E-state index contributed by atoms with van der Waals surface area (Å²) < 4.78 is 14.7. The number of rotatable bonds is 5. The number of nitrogens with one attached hydrogen (secondary N) is 1. The van der Waals surface area contributed by atoms with Crippen LogP contribution < -0.4 is 5.32 Å². The van der Waals surface area contributed by atoms with Gasteiger partial charge in [0.2, 0.25) is 5.91 Å². The van der Waals surface area contributed by atoms with Gasteiger partial charge in [0.05, 0.1) is 6.54 Å². The number of aryl methyl sites for hydroxylation is 1. The number of benzene rings is 2. The lowest BCUT2D eigenvalue weighted by Gasteiger charge is -2.03. The molecule has 3 rings (SSSR count). The number of aromatic nitrogens is 2. The zero-order valence-electron chi connectivity index (χ0n) is 13.8. The number of hydrogen-bond donors (Lipinski definition) is 1. The maximum atomic E-state index is 12.9. The van der Waals surface area contributed by atoms with Crippen molar-refractivity contribution in [2.45, 2.75) is 13.5 Å². The van der Waals surface area contributed by atoms with Gasteiger partial charge in [-0.25, -0.2) is 4.39 Å². The van der Waals surface area contributed by atoms with Crippen LogP contribution in [0.15, 0.2) is 66.7 Å². The molecular weight excluding hydrogens is 317 g/mol. The lowest BCUT2D eigenvalue weighted by molar-refractivity contribution is -0.111. The molecule has 0 saturated heterocycles. The van der Waals surface area contributed by atoms with Crippen LogP contribution >= 0.6 is 0 Å². The van der Waals surface area contributed by atoms with Crippen LogP contribution in [0.4, 0.5) is 10.2 Å². The smallest absolute Gasteiger partial charge is 0.249 e. The van der Waals surface area contributed by atoms with E-state index in [1.165, 1.54) is 18.2 Å². The van der Waals surface area contributed by atoms with E-state index in [-0.39, 0.29) is 11.7 Å². The van der Waals surface area contributed by atoms with E-state index in [1.807, 2.05) is 48.0 Å². The van der Waals surface area contributed by atoms with E-state index < -0.39 is 0 Å². The summed E-state index contributed by atoms with van der Waals surface area (Å²) in [6.45, 7) is 2.59. The molecule has 126 valence electrons. The highest BCUT2D eigenvalue weighted by atomic mass is 19.1. The minimum atomic E-state index is -0.305. The van der Waals surface area contributed by atoms with Gasteiger partial charge in [0, 0.05) is 17.8 Å². The number of amides is 1. The Kier molecular flexibility index (Phi) is 5.04. The van der Waals surface area contributed by atoms with E-state index in [9.17, 15) is 9.18 Å². The summed E-state index contributed by atoms with van der Waals surface area (Å²) in [5, 5.41) is 7.15. The van der Waals surface area contributed by atoms with Crippen LogP contribution in [0.1, 0.15) is 16.8 Å². The summed E-state index contributed by atoms with van der Waals surface area (Å²) in [5.74, 6) is -0.0862. The monoisotopic (exact) mass is 335 g/mol. The molecule has 0 aliphatic carbocycles. The normalized spacial score (nSPS) is 11.0. The standard InChI is InChI=1S/C20H18FN3O/c1-15-13-19(23-24(15)14-17-5-3-2-4-6-17)22-20(25)12-9-16-7-10-18(21)11-8-16/h2-13H,14H2,1H3,(H,22,23,25)/b12-9+. The molecule has 0 aliphatic rings. The van der Waals surface area contributed by atoms with E-state index in [4.69, 9.17) is 0 Å². The fourth-order valence-electron chi connectivity index (χ4n) is 2.40. The Morgan fingerprint density at radius 3 is 2.60 bits per heavy atom. The lowest BCUT2D eigenvalue weighted by Crippen LogP contribution is -2.09. The highest BCUT2D eigenvalue weighted by molar-refractivity contribution is 6.01. The largest absolute Gasteiger partial charge is 0.306 e. The second-order valence-electron chi connectivity index (χ2n) is 5.69. The fourth-order valence-corrected chi connectivity index (χ4v) is 2.40. The Morgan fingerprint density at radius 1 is 1.16 bits per heavy atom. The number of anilines is 1. The number of halogens is 1. The number of hydrogen-bond acceptors (Lipinski definition) is 2. The second-order valence-corrected chi connectivity index (χ2v) is 5.69. The minimum Gasteiger partial charge on any atom is -0.306 e. The molecule has 0 atom stereocenters. The van der Waals surface area contributed by atoms with Crippen molar-refractivity contribution in [3.05, 3.63) is 89.4 Å². The van der Waals surface area contributed by atoms with Gasteiger partial charge < -0.3 is 5.32 Å². The molecule has 1 amide bonds. The molecule has 0 bridgehead atoms. The Bertz CT molecular complexity index is 883. The zero-order chi connectivity index (χ0) is 17.6. The molecule has 1 aromatic heterocycles. The van der Waals surface area contributed by atoms with Gasteiger partial charge in [0.25, 0.3) is 0 Å². The first-order valence-electron chi connectivity index (χ1n) is 7.93. The van der Waals surface area contributed by atoms with Gasteiger partial charge in [-0.05, 0) is 36.3 Å². The first kappa shape index (κ1) is 16.6. The van der Waals surface area contributed by atoms with Crippen molar-refractivity contribution in [1.82, 2.24) is 9.78 Å². The third-order valence-electron chi connectivity index (χ3n) is 3.70. The Morgan fingerprint density at radius 2 is 1.88 bits per heavy atom. The SMILES string of the molecule is Cc1cc(NC(=O)/C=C/c2ccc(F)cc2)nn1Cc1ccccc1. The first-order valence-corrected chi connectivity index (χ1v) is 7.93. The van der Waals surface area contributed by atoms with Crippen molar-refractivity contribution in [3.8, 4) is 0 Å². The summed E-state index contributed by atoms with van der Waals surface area (Å²) in [7, 11) is 0. The minimum absolute atomic E-state index is 0.284. The van der Waals surface area contributed by atoms with Crippen LogP contribution in [-0.4, -0.2) is 15.7 Å². The van der Waals surface area contributed by atoms with Gasteiger partial charge in [-0.15, -0.1) is 0 Å². The first-order chi connectivity index (χ1) is 12.1. The van der Waals surface area contributed by atoms with Crippen LogP contribution in [-0.2, 0) is 11.3 Å². The molecule has 0 saturated carbocycles. The average molecular weight is 335 g/mol. The summed E-state index contributed by atoms with van der Waals surface area (Å²) >= 11 is 0. The van der Waals surface area contributed by atoms with E-state index >= 15 is 0 Å². The quantitative estimate of drug-likeness (QED) is 0.716. The Balaban J connectivity index is 1.63. The van der Waals surface area contributed by atoms with Gasteiger partial charge >= 0.3 is 0 Å². The van der Waals surface area contributed by atoms with Crippen molar-refractivity contribution in [2.75, 3.05) is 5.32 Å². The molecule has 0 unspecified atom stereocenters. The maximum Gasteiger partial charge on any atom is 0.249 e. The summed E-state index contributed by atoms with van der Waals surface area (Å²) in [6, 6.07) is 17.8. The molecule has 1 N–H and O–H groups in total. The van der Waals surface area contributed by atoms with Crippen LogP contribution in [0.3, 0.4) is 0 Å². The van der Waals surface area contributed by atoms with E-state index in [1.54, 1.807) is 18.2 Å². The van der Waals surface area contributed by atoms with Crippen molar-refractivity contribution in [2.24, 2.45) is 0 Å². The molecule has 0 aliphatic heterocycles. The van der Waals surface area contributed by atoms with Crippen molar-refractivity contribution in [1.29, 1.82) is 0 Å². The molecule has 3 aromatic rings. The van der Waals surface area contributed by atoms with Gasteiger partial charge in [-0.2, -0.15) is 5.10 Å². The van der Waals surface area contributed by atoms with E-state index in [0.717, 1.165) is 16.8 Å². The average Bonchev–Trinajstić information content (AvgIpc) is 2.94. The van der Waals surface area contributed by atoms with E-state index in [2.05, 4.69) is 10.4 Å². The summed E-state index contributed by atoms with van der Waals surface area (Å²) in [6.07, 6.45) is 3.03. The molecule has 0 radical (unpaired) electrons. The molecule has 1 heterocycles. The highest BCUT2D eigenvalue weighted by Crippen LogP contribution is 2.12. The third-order valence-corrected chi connectivity index (χ3v) is 3.70. The van der Waals surface area contributed by atoms with E-state index in [0.29, 0.717) is 12.4 Å². The van der Waals surface area contributed by atoms with Crippen LogP contribution in [0.5, 0.6) is 0 Å². The number of carbonyl (C=O) groups excluding carboxylic acids is 1. The predicted octanol–water partition coefficient (Wildman–Crippen LogP) is 4.03. The van der Waals surface area contributed by atoms with Gasteiger partial charge in [-0.3, -0.25) is 9.48 Å². The second kappa shape index (κ2) is 7.57. The van der Waals surface area contributed by atoms with Crippen molar-refractivity contribution >= 4 is 17.8 Å². The summed E-state index contributed by atoms with van der Waals surface area (Å²) in [4.78, 5) is 12.0. The molecular formula is C20H18FN3O. The third kappa shape index (κ3) is 4.64. The van der Waals surface area contributed by atoms with Crippen LogP contribution in [0.25, 0.3) is 6.08 Å². The van der Waals surface area contributed by atoms with Crippen LogP contribution in [0, 0.1) is 12.7 Å². The predicted molar refractivity (Wildman–Crippen MR) is 96.6 cm³/mol. The summed E-state index contributed by atoms with van der Waals surface area (Å²) in [5.41, 5.74) is 2.85. The lowest BCUT2D eigenvalue weighted by atomic mass is 10.2. The molecule has 0 fully saturated rings. The zero-order valence-corrected chi connectivity index (χ0v) is 13.8. The maximum absolute atomic E-state index is 12.9.